The van der Waals surface area contributed by atoms with Crippen molar-refractivity contribution >= 4 is 49.5 Å². The number of carbonyl (C=O) groups excluding carboxylic acids is 2. The van der Waals surface area contributed by atoms with E-state index < -0.39 is 61.7 Å². The van der Waals surface area contributed by atoms with E-state index in [1.807, 2.05) is 0 Å². The molecule has 0 aromatic heterocycles. The fourth-order valence-electron chi connectivity index (χ4n) is 4.86. The molecule has 0 unspecified atom stereocenters. The maximum atomic E-state index is 13.1. The molecule has 0 heterocycles. The van der Waals surface area contributed by atoms with E-state index in [2.05, 4.69) is 41.5 Å². The van der Waals surface area contributed by atoms with E-state index in [0.717, 1.165) is 104 Å². The van der Waals surface area contributed by atoms with Crippen LogP contribution < -0.4 is 0 Å². The molecule has 36 heavy (non-hydrogen) atoms. The summed E-state index contributed by atoms with van der Waals surface area (Å²) in [5.41, 5.74) is 0. The Morgan fingerprint density at radius 3 is 0.861 bits per heavy atom. The maximum absolute atomic E-state index is 13.1. The Hall–Kier alpha value is 0.457. The van der Waals surface area contributed by atoms with Crippen molar-refractivity contribution in [1.29, 1.82) is 0 Å². The summed E-state index contributed by atoms with van der Waals surface area (Å²) in [6.07, 6.45) is 8.57. The molecule has 0 aliphatic carbocycles. The van der Waals surface area contributed by atoms with E-state index >= 15 is 0 Å². The Kier molecular flexibility index (Phi) is 21.6. The molecule has 0 fully saturated rings. The van der Waals surface area contributed by atoms with Crippen LogP contribution in [0.3, 0.4) is 0 Å². The first-order chi connectivity index (χ1) is 17.2. The Labute approximate surface area is 231 Å². The average molecular weight is 728 g/mol. The summed E-state index contributed by atoms with van der Waals surface area (Å²) < 4.78 is 18.0. The standard InChI is InChI=1S/C4H6O6.6C4H9.2Sn/c5-1(3(7)8)2(6)4(9)10;6*1-3-4-2;;/h1-2,5-6H,(H,7,8)(H,9,10);6*1,3-4H2,2H3;;/q;;;;;;;2*+1/p-2/t1-,2-;;;;;;;;/m0......../s1. The zero-order valence-electron chi connectivity index (χ0n) is 24.4. The molecule has 2 atom stereocenters. The predicted molar refractivity (Wildman–Crippen MR) is 154 cm³/mol. The zero-order chi connectivity index (χ0) is 27.5. The second-order valence-corrected chi connectivity index (χ2v) is 34.0. The minimum atomic E-state index is -3.33. The summed E-state index contributed by atoms with van der Waals surface area (Å²) >= 11 is -6.66. The molecule has 0 spiro atoms. The topological polar surface area (TPSA) is 93.1 Å². The summed E-state index contributed by atoms with van der Waals surface area (Å²) in [5, 5.41) is 21.5. The molecular formula is C28H58O6Sn2. The van der Waals surface area contributed by atoms with Crippen LogP contribution in [0.25, 0.3) is 0 Å². The Morgan fingerprint density at radius 1 is 0.500 bits per heavy atom. The molecule has 0 saturated carbocycles. The molecule has 0 aliphatic rings. The first kappa shape index (κ1) is 36.5. The first-order valence-electron chi connectivity index (χ1n) is 15.0. The van der Waals surface area contributed by atoms with Crippen LogP contribution >= 0.6 is 0 Å². The molecule has 0 aromatic carbocycles. The van der Waals surface area contributed by atoms with Crippen LogP contribution in [0.1, 0.15) is 119 Å². The van der Waals surface area contributed by atoms with Crippen molar-refractivity contribution in [2.45, 2.75) is 157 Å². The second-order valence-electron chi connectivity index (χ2n) is 10.7. The molecule has 214 valence electrons. The third kappa shape index (κ3) is 14.0. The van der Waals surface area contributed by atoms with Gasteiger partial charge in [-0.05, 0) is 0 Å². The summed E-state index contributed by atoms with van der Waals surface area (Å²) in [6.45, 7) is 12.8. The normalized spacial score (nSPS) is 13.9. The SMILES string of the molecule is CCC[CH2][Sn]([CH2]CCC)([CH2]CCC)[O]C(=O)[C@@H](O)[C@H](O)C(=O)[O][Sn]([CH2]CCC)([CH2]CCC)[CH2]CCC. The van der Waals surface area contributed by atoms with Gasteiger partial charge < -0.3 is 0 Å². The van der Waals surface area contributed by atoms with Crippen LogP contribution in [0.5, 0.6) is 0 Å². The fraction of sp³-hybridized carbons (Fsp3) is 0.929. The van der Waals surface area contributed by atoms with Crippen molar-refractivity contribution in [3.63, 3.8) is 0 Å². The van der Waals surface area contributed by atoms with Gasteiger partial charge in [-0.3, -0.25) is 0 Å². The molecule has 8 heteroatoms. The Balaban J connectivity index is 5.63. The van der Waals surface area contributed by atoms with E-state index in [1.165, 1.54) is 0 Å². The second kappa shape index (κ2) is 21.3. The molecular weight excluding hydrogens is 670 g/mol. The summed E-state index contributed by atoms with van der Waals surface area (Å²) in [7, 11) is 0. The fourth-order valence-corrected chi connectivity index (χ4v) is 31.1. The number of hydrogen-bond donors (Lipinski definition) is 2. The van der Waals surface area contributed by atoms with Crippen LogP contribution in [0.15, 0.2) is 0 Å². The van der Waals surface area contributed by atoms with E-state index in [0.29, 0.717) is 0 Å². The van der Waals surface area contributed by atoms with E-state index in [4.69, 9.17) is 6.15 Å². The van der Waals surface area contributed by atoms with Crippen LogP contribution in [-0.4, -0.2) is 71.9 Å². The minimum absolute atomic E-state index is 0.810. The molecule has 0 saturated heterocycles. The molecule has 0 radical (unpaired) electrons. The van der Waals surface area contributed by atoms with Crippen molar-refractivity contribution in [1.82, 2.24) is 0 Å². The van der Waals surface area contributed by atoms with Crippen molar-refractivity contribution in [3.8, 4) is 0 Å². The molecule has 0 rings (SSSR count). The number of carbonyl (C=O) groups is 2. The van der Waals surface area contributed by atoms with Gasteiger partial charge in [0, 0.05) is 0 Å². The van der Waals surface area contributed by atoms with Crippen LogP contribution in [0.2, 0.25) is 26.6 Å². The van der Waals surface area contributed by atoms with Crippen LogP contribution in [0, 0.1) is 0 Å². The van der Waals surface area contributed by atoms with Crippen molar-refractivity contribution in [3.05, 3.63) is 0 Å². The predicted octanol–water partition coefficient (Wildman–Crippen LogP) is 7.49. The van der Waals surface area contributed by atoms with Gasteiger partial charge in [-0.15, -0.1) is 0 Å². The molecule has 0 aromatic rings. The Morgan fingerprint density at radius 2 is 0.694 bits per heavy atom. The van der Waals surface area contributed by atoms with Gasteiger partial charge in [0.1, 0.15) is 0 Å². The van der Waals surface area contributed by atoms with E-state index in [-0.39, 0.29) is 0 Å². The van der Waals surface area contributed by atoms with Gasteiger partial charge in [0.15, 0.2) is 0 Å². The van der Waals surface area contributed by atoms with Gasteiger partial charge in [0.05, 0.1) is 0 Å². The first-order valence-corrected chi connectivity index (χ1v) is 29.5. The van der Waals surface area contributed by atoms with Gasteiger partial charge in [-0.25, -0.2) is 0 Å². The summed E-state index contributed by atoms with van der Waals surface area (Å²) in [6, 6.07) is 0. The van der Waals surface area contributed by atoms with Gasteiger partial charge >= 0.3 is 233 Å². The van der Waals surface area contributed by atoms with Gasteiger partial charge in [0.25, 0.3) is 0 Å². The molecule has 6 nitrogen and oxygen atoms in total. The third-order valence-electron chi connectivity index (χ3n) is 7.33. The summed E-state index contributed by atoms with van der Waals surface area (Å²) in [5.74, 6) is -1.62. The average Bonchev–Trinajstić information content (AvgIpc) is 2.89. The van der Waals surface area contributed by atoms with E-state index in [1.54, 1.807) is 0 Å². The molecule has 0 bridgehead atoms. The quantitative estimate of drug-likeness (QED) is 0.106. The van der Waals surface area contributed by atoms with Crippen molar-refractivity contribution in [2.24, 2.45) is 0 Å². The van der Waals surface area contributed by atoms with Crippen LogP contribution in [-0.2, 0) is 15.7 Å². The number of aliphatic hydroxyl groups excluding tert-OH is 2. The molecule has 0 amide bonds. The van der Waals surface area contributed by atoms with Crippen molar-refractivity contribution in [2.75, 3.05) is 0 Å². The zero-order valence-corrected chi connectivity index (χ0v) is 30.1. The number of unbranched alkanes of at least 4 members (excludes halogenated alkanes) is 6. The van der Waals surface area contributed by atoms with Gasteiger partial charge in [-0.1, -0.05) is 0 Å². The number of hydrogen-bond acceptors (Lipinski definition) is 6. The summed E-state index contributed by atoms with van der Waals surface area (Å²) in [4.78, 5) is 26.2. The third-order valence-corrected chi connectivity index (χ3v) is 32.6. The van der Waals surface area contributed by atoms with Crippen molar-refractivity contribution < 1.29 is 26.0 Å². The molecule has 2 N–H and O–H groups in total. The monoisotopic (exact) mass is 730 g/mol. The number of aliphatic hydroxyl groups is 2. The van der Waals surface area contributed by atoms with Gasteiger partial charge in [0.2, 0.25) is 0 Å². The van der Waals surface area contributed by atoms with Crippen LogP contribution in [0.4, 0.5) is 0 Å². The Bertz CT molecular complexity index is 493. The van der Waals surface area contributed by atoms with E-state index in [9.17, 15) is 19.8 Å². The molecule has 0 aliphatic heterocycles. The van der Waals surface area contributed by atoms with Gasteiger partial charge in [-0.2, -0.15) is 0 Å². The number of rotatable bonds is 23.